The van der Waals surface area contributed by atoms with Gasteiger partial charge in [0.25, 0.3) is 5.91 Å². The maximum absolute atomic E-state index is 13.4. The van der Waals surface area contributed by atoms with E-state index in [1.807, 2.05) is 36.1 Å². The fourth-order valence-corrected chi connectivity index (χ4v) is 4.47. The minimum Gasteiger partial charge on any atom is -0.381 e. The van der Waals surface area contributed by atoms with E-state index in [4.69, 9.17) is 4.74 Å². The highest BCUT2D eigenvalue weighted by Gasteiger charge is 2.45. The number of hydrogen-bond donors (Lipinski definition) is 0. The zero-order chi connectivity index (χ0) is 19.1. The zero-order valence-corrected chi connectivity index (χ0v) is 15.7. The molecule has 142 valence electrons. The third-order valence-corrected chi connectivity index (χ3v) is 5.96. The third kappa shape index (κ3) is 2.62. The van der Waals surface area contributed by atoms with E-state index in [1.165, 1.54) is 5.56 Å². The van der Waals surface area contributed by atoms with Crippen molar-refractivity contribution in [1.82, 2.24) is 20.2 Å². The molecule has 0 atom stereocenters. The van der Waals surface area contributed by atoms with Gasteiger partial charge in [-0.05, 0) is 65.6 Å². The van der Waals surface area contributed by atoms with Crippen LogP contribution in [0.5, 0.6) is 0 Å². The number of para-hydroxylation sites is 1. The molecule has 0 unspecified atom stereocenters. The standard InChI is InChI=1S/C21H21N5O2/c1-15-12-16(6-7-18(15)26-14-22-23-24-26)20(27)25-13-21(8-10-28-11-9-21)17-4-2-3-5-19(17)25/h2-7,12,14H,8-11,13H2,1H3. The molecule has 2 aliphatic rings. The van der Waals surface area contributed by atoms with Crippen molar-refractivity contribution in [2.45, 2.75) is 25.2 Å². The molecule has 1 spiro atoms. The van der Waals surface area contributed by atoms with Crippen molar-refractivity contribution < 1.29 is 9.53 Å². The van der Waals surface area contributed by atoms with Crippen molar-refractivity contribution in [1.29, 1.82) is 0 Å². The van der Waals surface area contributed by atoms with Gasteiger partial charge in [0.05, 0.1) is 5.69 Å². The molecule has 1 aromatic heterocycles. The maximum Gasteiger partial charge on any atom is 0.258 e. The summed E-state index contributed by atoms with van der Waals surface area (Å²) in [7, 11) is 0. The van der Waals surface area contributed by atoms with Crippen LogP contribution in [0.15, 0.2) is 48.8 Å². The molecule has 0 N–H and O–H groups in total. The zero-order valence-electron chi connectivity index (χ0n) is 15.7. The lowest BCUT2D eigenvalue weighted by Gasteiger charge is -2.34. The molecule has 0 saturated carbocycles. The van der Waals surface area contributed by atoms with Crippen LogP contribution in [-0.4, -0.2) is 45.9 Å². The van der Waals surface area contributed by atoms with Crippen LogP contribution < -0.4 is 4.90 Å². The molecule has 3 aromatic rings. The Morgan fingerprint density at radius 1 is 1.11 bits per heavy atom. The number of hydrogen-bond acceptors (Lipinski definition) is 5. The molecule has 5 rings (SSSR count). The lowest BCUT2D eigenvalue weighted by Crippen LogP contribution is -2.40. The second-order valence-corrected chi connectivity index (χ2v) is 7.56. The van der Waals surface area contributed by atoms with Gasteiger partial charge in [-0.2, -0.15) is 0 Å². The van der Waals surface area contributed by atoms with Crippen LogP contribution in [-0.2, 0) is 10.2 Å². The number of aromatic nitrogens is 4. The topological polar surface area (TPSA) is 73.1 Å². The van der Waals surface area contributed by atoms with Crippen LogP contribution in [0, 0.1) is 6.92 Å². The first-order valence-electron chi connectivity index (χ1n) is 9.51. The minimum absolute atomic E-state index is 0.00584. The predicted molar refractivity (Wildman–Crippen MR) is 104 cm³/mol. The summed E-state index contributed by atoms with van der Waals surface area (Å²) in [6.45, 7) is 4.17. The van der Waals surface area contributed by atoms with Gasteiger partial charge in [0.15, 0.2) is 0 Å². The normalized spacial score (nSPS) is 17.7. The van der Waals surface area contributed by atoms with Gasteiger partial charge in [-0.15, -0.1) is 5.10 Å². The monoisotopic (exact) mass is 375 g/mol. The van der Waals surface area contributed by atoms with Crippen molar-refractivity contribution >= 4 is 11.6 Å². The predicted octanol–water partition coefficient (Wildman–Crippen LogP) is 2.68. The first-order valence-corrected chi connectivity index (χ1v) is 9.51. The van der Waals surface area contributed by atoms with Crippen molar-refractivity contribution in [3.63, 3.8) is 0 Å². The van der Waals surface area contributed by atoms with Crippen LogP contribution in [0.2, 0.25) is 0 Å². The van der Waals surface area contributed by atoms with Crippen LogP contribution >= 0.6 is 0 Å². The fraction of sp³-hybridized carbons (Fsp3) is 0.333. The Balaban J connectivity index is 1.50. The van der Waals surface area contributed by atoms with Crippen LogP contribution in [0.25, 0.3) is 5.69 Å². The van der Waals surface area contributed by atoms with Crippen LogP contribution in [0.3, 0.4) is 0 Å². The smallest absolute Gasteiger partial charge is 0.258 e. The Labute approximate surface area is 162 Å². The molecule has 1 amide bonds. The Kier molecular flexibility index (Phi) is 3.98. The minimum atomic E-state index is 0.00584. The summed E-state index contributed by atoms with van der Waals surface area (Å²) in [5, 5.41) is 11.3. The average molecular weight is 375 g/mol. The van der Waals surface area contributed by atoms with Gasteiger partial charge in [-0.3, -0.25) is 4.79 Å². The summed E-state index contributed by atoms with van der Waals surface area (Å²) in [5.41, 5.74) is 4.79. The molecule has 3 heterocycles. The van der Waals surface area contributed by atoms with Gasteiger partial charge in [0.2, 0.25) is 0 Å². The van der Waals surface area contributed by atoms with E-state index in [2.05, 4.69) is 33.7 Å². The Hall–Kier alpha value is -3.06. The molecule has 2 aromatic carbocycles. The van der Waals surface area contributed by atoms with E-state index >= 15 is 0 Å². The van der Waals surface area contributed by atoms with Gasteiger partial charge in [0.1, 0.15) is 6.33 Å². The van der Waals surface area contributed by atoms with E-state index in [1.54, 1.807) is 11.0 Å². The highest BCUT2D eigenvalue weighted by Crippen LogP contribution is 2.47. The highest BCUT2D eigenvalue weighted by molar-refractivity contribution is 6.08. The number of nitrogens with zero attached hydrogens (tertiary/aromatic N) is 5. The van der Waals surface area contributed by atoms with E-state index in [0.717, 1.165) is 43.0 Å². The molecule has 28 heavy (non-hydrogen) atoms. The molecule has 0 bridgehead atoms. The quantitative estimate of drug-likeness (QED) is 0.689. The highest BCUT2D eigenvalue weighted by atomic mass is 16.5. The number of tetrazole rings is 1. The van der Waals surface area contributed by atoms with Crippen molar-refractivity contribution in [3.05, 3.63) is 65.5 Å². The number of aryl methyl sites for hydroxylation is 1. The van der Waals surface area contributed by atoms with Gasteiger partial charge in [-0.1, -0.05) is 18.2 Å². The summed E-state index contributed by atoms with van der Waals surface area (Å²) < 4.78 is 7.20. The second-order valence-electron chi connectivity index (χ2n) is 7.56. The average Bonchev–Trinajstić information content (AvgIpc) is 3.36. The number of ether oxygens (including phenoxy) is 1. The first-order chi connectivity index (χ1) is 13.7. The fourth-order valence-electron chi connectivity index (χ4n) is 4.47. The number of fused-ring (bicyclic) bond motifs is 2. The summed E-state index contributed by atoms with van der Waals surface area (Å²) in [6.07, 6.45) is 3.45. The number of anilines is 1. The molecule has 1 saturated heterocycles. The van der Waals surface area contributed by atoms with E-state index in [-0.39, 0.29) is 11.3 Å². The maximum atomic E-state index is 13.4. The molecule has 7 heteroatoms. The van der Waals surface area contributed by atoms with Crippen LogP contribution in [0.1, 0.15) is 34.3 Å². The summed E-state index contributed by atoms with van der Waals surface area (Å²) in [4.78, 5) is 15.4. The number of benzene rings is 2. The number of carbonyl (C=O) groups excluding carboxylic acids is 1. The SMILES string of the molecule is Cc1cc(C(=O)N2CC3(CCOCC3)c3ccccc32)ccc1-n1cnnn1. The summed E-state index contributed by atoms with van der Waals surface area (Å²) in [5.74, 6) is 0.0298. The van der Waals surface area contributed by atoms with E-state index in [9.17, 15) is 4.79 Å². The molecular formula is C21H21N5O2. The number of amides is 1. The molecule has 2 aliphatic heterocycles. The van der Waals surface area contributed by atoms with Gasteiger partial charge in [-0.25, -0.2) is 4.68 Å². The Morgan fingerprint density at radius 3 is 2.68 bits per heavy atom. The van der Waals surface area contributed by atoms with Crippen molar-refractivity contribution in [3.8, 4) is 5.69 Å². The van der Waals surface area contributed by atoms with Gasteiger partial charge in [0, 0.05) is 36.4 Å². The van der Waals surface area contributed by atoms with Crippen molar-refractivity contribution in [2.75, 3.05) is 24.7 Å². The second kappa shape index (κ2) is 6.53. The molecule has 0 aliphatic carbocycles. The van der Waals surface area contributed by atoms with Crippen LogP contribution in [0.4, 0.5) is 5.69 Å². The summed E-state index contributed by atoms with van der Waals surface area (Å²) in [6, 6.07) is 13.9. The lowest BCUT2D eigenvalue weighted by molar-refractivity contribution is 0.0547. The molecule has 0 radical (unpaired) electrons. The molecule has 7 nitrogen and oxygen atoms in total. The first kappa shape index (κ1) is 17.1. The van der Waals surface area contributed by atoms with Gasteiger partial charge < -0.3 is 9.64 Å². The van der Waals surface area contributed by atoms with Gasteiger partial charge >= 0.3 is 0 Å². The Morgan fingerprint density at radius 2 is 1.93 bits per heavy atom. The van der Waals surface area contributed by atoms with Crippen molar-refractivity contribution in [2.24, 2.45) is 0 Å². The largest absolute Gasteiger partial charge is 0.381 e. The lowest BCUT2D eigenvalue weighted by atomic mass is 9.76. The van der Waals surface area contributed by atoms with E-state index in [0.29, 0.717) is 12.1 Å². The third-order valence-electron chi connectivity index (χ3n) is 5.96. The number of rotatable bonds is 2. The molecule has 1 fully saturated rings. The number of carbonyl (C=O) groups is 1. The van der Waals surface area contributed by atoms with E-state index < -0.39 is 0 Å². The Bertz CT molecular complexity index is 1030. The molecular weight excluding hydrogens is 354 g/mol. The summed E-state index contributed by atoms with van der Waals surface area (Å²) >= 11 is 0.